The molecule has 9 nitrogen and oxygen atoms in total. The third kappa shape index (κ3) is 11.5. The highest BCUT2D eigenvalue weighted by molar-refractivity contribution is 6.30. The number of rotatable bonds is 8. The van der Waals surface area contributed by atoms with Gasteiger partial charge in [0.2, 0.25) is 11.8 Å². The van der Waals surface area contributed by atoms with E-state index in [1.165, 1.54) is 4.68 Å². The molecular weight excluding hydrogens is 802 g/mol. The Morgan fingerprint density at radius 2 is 1.37 bits per heavy atom. The Morgan fingerprint density at radius 1 is 0.825 bits per heavy atom. The first-order valence-corrected chi connectivity index (χ1v) is 17.8. The minimum atomic E-state index is -4.55. The Morgan fingerprint density at radius 3 is 1.88 bits per heavy atom. The predicted molar refractivity (Wildman–Crippen MR) is 187 cm³/mol. The highest BCUT2D eigenvalue weighted by Gasteiger charge is 2.47. The van der Waals surface area contributed by atoms with E-state index < -0.39 is 72.7 Å². The molecule has 0 saturated carbocycles. The number of pyridine rings is 2. The van der Waals surface area contributed by atoms with E-state index in [1.807, 2.05) is 0 Å². The summed E-state index contributed by atoms with van der Waals surface area (Å²) in [4.78, 5) is 21.8. The van der Waals surface area contributed by atoms with E-state index in [4.69, 9.17) is 21.1 Å². The predicted octanol–water partition coefficient (Wildman–Crippen LogP) is 8.83. The second-order valence-corrected chi connectivity index (χ2v) is 14.5. The highest BCUT2D eigenvalue weighted by Crippen LogP contribution is 2.37. The van der Waals surface area contributed by atoms with Gasteiger partial charge >= 0.3 is 12.4 Å². The van der Waals surface area contributed by atoms with E-state index in [2.05, 4.69) is 20.4 Å². The summed E-state index contributed by atoms with van der Waals surface area (Å²) in [6.07, 6.45) is -6.80. The van der Waals surface area contributed by atoms with Crippen LogP contribution in [0.15, 0.2) is 67.1 Å². The van der Waals surface area contributed by atoms with Crippen LogP contribution in [0.4, 0.5) is 43.9 Å². The monoisotopic (exact) mass is 838 g/mol. The van der Waals surface area contributed by atoms with Crippen molar-refractivity contribution in [2.45, 2.75) is 63.0 Å². The number of carbonyl (C=O) groups excluding carboxylic acids is 1. The molecule has 3 aromatic heterocycles. The van der Waals surface area contributed by atoms with E-state index >= 15 is 0 Å². The molecule has 0 spiro atoms. The van der Waals surface area contributed by atoms with E-state index in [0.717, 1.165) is 29.2 Å². The molecule has 4 atom stereocenters. The maximum absolute atomic E-state index is 14.6. The van der Waals surface area contributed by atoms with Gasteiger partial charge in [-0.2, -0.15) is 31.4 Å². The minimum absolute atomic E-state index is 0.0117. The van der Waals surface area contributed by atoms with Crippen LogP contribution in [-0.4, -0.2) is 80.8 Å². The van der Waals surface area contributed by atoms with Crippen LogP contribution in [0.1, 0.15) is 48.3 Å². The Hall–Kier alpha value is -4.65. The number of hydrogen-bond donors (Lipinski definition) is 1. The fraction of sp³-hybridized carbons (Fsp3) is 0.459. The van der Waals surface area contributed by atoms with Gasteiger partial charge in [0.1, 0.15) is 13.2 Å². The first-order valence-electron chi connectivity index (χ1n) is 17.4. The first kappa shape index (κ1) is 43.5. The zero-order chi connectivity index (χ0) is 41.9. The fourth-order valence-corrected chi connectivity index (χ4v) is 6.57. The molecule has 0 radical (unpaired) electrons. The molecule has 6 rings (SSSR count). The number of benzene rings is 1. The number of nitrogens with zero attached hydrogens (tertiary/aromatic N) is 5. The summed E-state index contributed by atoms with van der Waals surface area (Å²) >= 11 is 5.96. The third-order valence-corrected chi connectivity index (χ3v) is 9.65. The van der Waals surface area contributed by atoms with Gasteiger partial charge in [0, 0.05) is 67.2 Å². The van der Waals surface area contributed by atoms with Crippen molar-refractivity contribution in [1.82, 2.24) is 30.0 Å². The van der Waals surface area contributed by atoms with Gasteiger partial charge in [-0.1, -0.05) is 37.6 Å². The molecule has 2 fully saturated rings. The summed E-state index contributed by atoms with van der Waals surface area (Å²) in [5.74, 6) is -7.62. The maximum Gasteiger partial charge on any atom is 0.417 e. The van der Waals surface area contributed by atoms with Crippen molar-refractivity contribution in [2.24, 2.45) is 18.9 Å². The number of ether oxygens (including phenoxy) is 2. The number of amides is 1. The lowest BCUT2D eigenvalue weighted by Crippen LogP contribution is -2.57. The smallest absolute Gasteiger partial charge is 0.417 e. The lowest BCUT2D eigenvalue weighted by Gasteiger charge is -2.42. The van der Waals surface area contributed by atoms with Crippen LogP contribution in [-0.2, 0) is 19.4 Å². The summed E-state index contributed by atoms with van der Waals surface area (Å²) in [5.41, 5.74) is -0.734. The summed E-state index contributed by atoms with van der Waals surface area (Å²) in [7, 11) is 1.61. The van der Waals surface area contributed by atoms with E-state index in [-0.39, 0.29) is 49.0 Å². The molecule has 2 aliphatic rings. The van der Waals surface area contributed by atoms with Crippen molar-refractivity contribution in [3.05, 3.63) is 89.0 Å². The van der Waals surface area contributed by atoms with Crippen molar-refractivity contribution >= 4 is 17.5 Å². The van der Waals surface area contributed by atoms with Gasteiger partial charge in [0.05, 0.1) is 30.3 Å². The number of nitrogens with one attached hydrogen (secondary N) is 1. The number of alkyl halides is 10. The number of aromatic nitrogens is 4. The quantitative estimate of drug-likeness (QED) is 0.177. The molecule has 57 heavy (non-hydrogen) atoms. The lowest BCUT2D eigenvalue weighted by molar-refractivity contribution is -0.138. The number of aryl methyl sites for hydroxylation is 1. The molecule has 1 amide bonds. The van der Waals surface area contributed by atoms with Crippen molar-refractivity contribution in [3.63, 3.8) is 0 Å². The van der Waals surface area contributed by atoms with Gasteiger partial charge in [-0.25, -0.2) is 27.5 Å². The van der Waals surface area contributed by atoms with E-state index in [0.29, 0.717) is 28.5 Å². The fourth-order valence-electron chi connectivity index (χ4n) is 6.45. The maximum atomic E-state index is 14.6. The van der Waals surface area contributed by atoms with Crippen LogP contribution < -0.4 is 14.8 Å². The van der Waals surface area contributed by atoms with Crippen molar-refractivity contribution < 1.29 is 58.2 Å². The molecule has 5 heterocycles. The van der Waals surface area contributed by atoms with Crippen LogP contribution >= 0.6 is 11.6 Å². The van der Waals surface area contributed by atoms with Crippen LogP contribution in [0.3, 0.4) is 0 Å². The van der Waals surface area contributed by atoms with Crippen molar-refractivity contribution in [3.8, 4) is 22.9 Å². The SMILES string of the molecule is C[C@@H]1CC(F)(F)CN(C(=O)c2nn(C)cc2-c2ccc(Cl)cc2)C1COc1ccc(C(F)(F)F)cn1.C[C@@H]1CC(F)(F)CN[C@@H]1COc1ccc(C(F)(F)F)cn1. The number of piperidine rings is 2. The zero-order valence-corrected chi connectivity index (χ0v) is 31.3. The van der Waals surface area contributed by atoms with Crippen LogP contribution in [0.2, 0.25) is 5.02 Å². The topological polar surface area (TPSA) is 94.4 Å². The molecule has 4 aromatic rings. The normalized spacial score (nSPS) is 22.0. The Balaban J connectivity index is 0.000000251. The molecule has 1 aromatic carbocycles. The third-order valence-electron chi connectivity index (χ3n) is 9.40. The lowest BCUT2D eigenvalue weighted by atomic mass is 9.88. The number of halogens is 11. The Labute approximate surface area is 325 Å². The number of carbonyl (C=O) groups is 1. The average Bonchev–Trinajstić information content (AvgIpc) is 3.51. The standard InChI is InChI=1S/C24H22ClF5N4O2.C13H15F5N2O/c1-14-9-23(26,27)13-34(19(14)12-36-20-8-5-16(10-31-20)24(28,29)30)22(35)21-18(11-33(2)32-21)15-3-6-17(25)7-4-15;1-8-4-12(14,15)7-20-10(8)6-21-11-3-2-9(5-19-11)13(16,17)18/h3-8,10-11,14,19H,9,12-13H2,1-2H3;2-3,5,8,10,20H,4,6-7H2,1H3/t14-,19?;8-,10-/m11/s1. The van der Waals surface area contributed by atoms with Gasteiger partial charge in [-0.15, -0.1) is 0 Å². The number of likely N-dealkylation sites (tertiary alicyclic amines) is 1. The summed E-state index contributed by atoms with van der Waals surface area (Å²) in [6.45, 7) is 1.82. The molecule has 0 bridgehead atoms. The van der Waals surface area contributed by atoms with Gasteiger partial charge in [0.15, 0.2) is 5.69 Å². The molecule has 1 N–H and O–H groups in total. The Bertz CT molecular complexity index is 1960. The first-order chi connectivity index (χ1) is 26.5. The van der Waals surface area contributed by atoms with Gasteiger partial charge < -0.3 is 19.7 Å². The molecule has 2 aliphatic heterocycles. The van der Waals surface area contributed by atoms with Crippen LogP contribution in [0.5, 0.6) is 11.8 Å². The minimum Gasteiger partial charge on any atom is -0.476 e. The van der Waals surface area contributed by atoms with Crippen LogP contribution in [0.25, 0.3) is 11.1 Å². The van der Waals surface area contributed by atoms with Gasteiger partial charge in [-0.05, 0) is 41.7 Å². The van der Waals surface area contributed by atoms with Crippen molar-refractivity contribution in [1.29, 1.82) is 0 Å². The second kappa shape index (κ2) is 17.1. The molecule has 0 aliphatic carbocycles. The average molecular weight is 839 g/mol. The second-order valence-electron chi connectivity index (χ2n) is 14.0. The van der Waals surface area contributed by atoms with Gasteiger partial charge in [0.25, 0.3) is 17.8 Å². The summed E-state index contributed by atoms with van der Waals surface area (Å²) in [5, 5.41) is 7.41. The zero-order valence-electron chi connectivity index (χ0n) is 30.5. The van der Waals surface area contributed by atoms with Gasteiger partial charge in [-0.3, -0.25) is 9.48 Å². The summed E-state index contributed by atoms with van der Waals surface area (Å²) < 4.78 is 143. The Kier molecular flexibility index (Phi) is 13.0. The molecule has 310 valence electrons. The molecular formula is C37H37ClF10N6O3. The van der Waals surface area contributed by atoms with E-state index in [1.54, 1.807) is 51.4 Å². The number of hydrogen-bond acceptors (Lipinski definition) is 7. The van der Waals surface area contributed by atoms with E-state index in [9.17, 15) is 48.7 Å². The molecule has 1 unspecified atom stereocenters. The summed E-state index contributed by atoms with van der Waals surface area (Å²) in [6, 6.07) is 9.45. The van der Waals surface area contributed by atoms with Crippen molar-refractivity contribution in [2.75, 3.05) is 26.3 Å². The largest absolute Gasteiger partial charge is 0.476 e. The molecule has 2 saturated heterocycles. The molecule has 20 heteroatoms. The highest BCUT2D eigenvalue weighted by atomic mass is 35.5. The van der Waals surface area contributed by atoms with Crippen LogP contribution in [0, 0.1) is 11.8 Å².